The Balaban J connectivity index is 1.53. The number of carbonyl (C=O) groups is 3. The van der Waals surface area contributed by atoms with Gasteiger partial charge < -0.3 is 9.84 Å². The fraction of sp³-hybridized carbons (Fsp3) is 0.808. The number of allylic oxidation sites excluding steroid dienone is 1. The molecule has 0 radical (unpaired) electrons. The van der Waals surface area contributed by atoms with Crippen LogP contribution in [0.4, 0.5) is 0 Å². The molecule has 0 spiro atoms. The van der Waals surface area contributed by atoms with Gasteiger partial charge in [0.2, 0.25) is 0 Å². The molecule has 4 aliphatic carbocycles. The number of carboxylic acid groups (broad SMARTS) is 1. The van der Waals surface area contributed by atoms with Crippen LogP contribution in [-0.4, -0.2) is 28.9 Å². The Labute approximate surface area is 186 Å². The molecule has 0 aromatic rings. The molecule has 4 rings (SSSR count). The predicted molar refractivity (Wildman–Crippen MR) is 117 cm³/mol. The summed E-state index contributed by atoms with van der Waals surface area (Å²) in [4.78, 5) is 36.4. The van der Waals surface area contributed by atoms with Crippen molar-refractivity contribution < 1.29 is 24.2 Å². The lowest BCUT2D eigenvalue weighted by Crippen LogP contribution is -2.50. The van der Waals surface area contributed by atoms with Crippen molar-refractivity contribution in [2.75, 3.05) is 0 Å². The quantitative estimate of drug-likeness (QED) is 0.480. The second-order valence-electron chi connectivity index (χ2n) is 11.4. The number of hydrogen-bond donors (Lipinski definition) is 1. The van der Waals surface area contributed by atoms with Crippen LogP contribution in [0.25, 0.3) is 0 Å². The zero-order valence-corrected chi connectivity index (χ0v) is 19.5. The minimum Gasteiger partial charge on any atom is -0.481 e. The predicted octanol–water partition coefficient (Wildman–Crippen LogP) is 5.18. The number of aliphatic carboxylic acids is 1. The van der Waals surface area contributed by atoms with Crippen LogP contribution in [-0.2, 0) is 19.1 Å². The molecule has 3 saturated carbocycles. The molecule has 1 unspecified atom stereocenters. The van der Waals surface area contributed by atoms with Gasteiger partial charge in [0, 0.05) is 6.42 Å². The minimum atomic E-state index is -1.07. The van der Waals surface area contributed by atoms with Gasteiger partial charge in [0.15, 0.2) is 11.7 Å². The first-order chi connectivity index (χ1) is 14.6. The van der Waals surface area contributed by atoms with Gasteiger partial charge in [-0.25, -0.2) is 0 Å². The maximum Gasteiger partial charge on any atom is 0.320 e. The van der Waals surface area contributed by atoms with Crippen molar-refractivity contribution in [1.29, 1.82) is 0 Å². The van der Waals surface area contributed by atoms with Gasteiger partial charge in [0.05, 0.1) is 6.10 Å². The van der Waals surface area contributed by atoms with Gasteiger partial charge in [-0.2, -0.15) is 0 Å². The smallest absolute Gasteiger partial charge is 0.320 e. The molecular formula is C26H38O5. The van der Waals surface area contributed by atoms with Gasteiger partial charge in [0.1, 0.15) is 0 Å². The Morgan fingerprint density at radius 2 is 1.84 bits per heavy atom. The fourth-order valence-corrected chi connectivity index (χ4v) is 7.95. The largest absolute Gasteiger partial charge is 0.481 e. The first-order valence-electron chi connectivity index (χ1n) is 12.2. The van der Waals surface area contributed by atoms with E-state index in [1.165, 1.54) is 5.57 Å². The third-order valence-corrected chi connectivity index (χ3v) is 9.61. The van der Waals surface area contributed by atoms with E-state index in [2.05, 4.69) is 13.8 Å². The lowest BCUT2D eigenvalue weighted by Gasteiger charge is -2.58. The highest BCUT2D eigenvalue weighted by molar-refractivity contribution is 5.94. The molecule has 0 amide bonds. The third-order valence-electron chi connectivity index (χ3n) is 9.61. The summed E-state index contributed by atoms with van der Waals surface area (Å²) >= 11 is 0. The van der Waals surface area contributed by atoms with Crippen molar-refractivity contribution in [2.45, 2.75) is 91.6 Å². The highest BCUT2D eigenvalue weighted by Crippen LogP contribution is 2.67. The summed E-state index contributed by atoms with van der Waals surface area (Å²) in [6.07, 6.45) is 10.2. The average Bonchev–Trinajstić information content (AvgIpc) is 3.02. The molecule has 31 heavy (non-hydrogen) atoms. The Kier molecular flexibility index (Phi) is 5.85. The molecule has 0 aromatic carbocycles. The summed E-state index contributed by atoms with van der Waals surface area (Å²) in [5, 5.41) is 9.73. The number of rotatable bonds is 5. The van der Waals surface area contributed by atoms with E-state index < -0.39 is 17.9 Å². The molecular weight excluding hydrogens is 392 g/mol. The zero-order valence-electron chi connectivity index (χ0n) is 19.5. The lowest BCUT2D eigenvalue weighted by atomic mass is 9.46. The molecule has 0 heterocycles. The number of carboxylic acids is 1. The first-order valence-corrected chi connectivity index (χ1v) is 12.2. The lowest BCUT2D eigenvalue weighted by molar-refractivity contribution is -0.163. The van der Waals surface area contributed by atoms with Crippen molar-refractivity contribution in [3.8, 4) is 0 Å². The van der Waals surface area contributed by atoms with E-state index in [0.29, 0.717) is 36.4 Å². The van der Waals surface area contributed by atoms with Crippen LogP contribution in [0.15, 0.2) is 11.6 Å². The molecule has 0 bridgehead atoms. The summed E-state index contributed by atoms with van der Waals surface area (Å²) in [7, 11) is 0. The van der Waals surface area contributed by atoms with Crippen molar-refractivity contribution in [1.82, 2.24) is 0 Å². The van der Waals surface area contributed by atoms with E-state index in [1.54, 1.807) is 13.8 Å². The molecule has 172 valence electrons. The molecule has 7 atom stereocenters. The van der Waals surface area contributed by atoms with E-state index in [1.807, 2.05) is 6.08 Å². The Hall–Kier alpha value is -1.65. The Bertz CT molecular complexity index is 798. The number of ketones is 1. The maximum atomic E-state index is 12.5. The highest BCUT2D eigenvalue weighted by Gasteiger charge is 2.59. The fourth-order valence-electron chi connectivity index (χ4n) is 7.95. The molecule has 0 saturated heterocycles. The van der Waals surface area contributed by atoms with Gasteiger partial charge in [-0.05, 0) is 106 Å². The molecule has 1 N–H and O–H groups in total. The number of hydrogen-bond acceptors (Lipinski definition) is 4. The van der Waals surface area contributed by atoms with Crippen molar-refractivity contribution in [2.24, 2.45) is 40.4 Å². The molecule has 0 aromatic heterocycles. The van der Waals surface area contributed by atoms with Crippen LogP contribution >= 0.6 is 0 Å². The van der Waals surface area contributed by atoms with Gasteiger partial charge in [-0.15, -0.1) is 0 Å². The van der Waals surface area contributed by atoms with Crippen molar-refractivity contribution in [3.63, 3.8) is 0 Å². The number of fused-ring (bicyclic) bond motifs is 5. The molecule has 0 aliphatic heterocycles. The standard InChI is InChI=1S/C26H38O5/c1-15(2)31-24(30)20(23(28)29)14-17-6-8-21-19-7-5-16-13-18(27)9-11-25(16,3)22(19)10-12-26(17,21)4/h13,15,17,19-22H,5-12,14H2,1-4H3,(H,28,29)/t17-,19-,20?,21-,22-,25-,26+/m0/s1. The molecule has 3 fully saturated rings. The summed E-state index contributed by atoms with van der Waals surface area (Å²) in [5.74, 6) is -0.319. The zero-order chi connectivity index (χ0) is 22.6. The monoisotopic (exact) mass is 430 g/mol. The summed E-state index contributed by atoms with van der Waals surface area (Å²) in [6.45, 7) is 8.27. The SMILES string of the molecule is CC(C)OC(=O)C(C[C@@H]1CC[C@H]2[C@@H]3CCC4=CC(=O)CC[C@]4(C)[C@H]3CC[C@]12C)C(=O)O. The maximum absolute atomic E-state index is 12.5. The van der Waals surface area contributed by atoms with E-state index in [0.717, 1.165) is 44.9 Å². The summed E-state index contributed by atoms with van der Waals surface area (Å²) in [5.41, 5.74) is 1.63. The third kappa shape index (κ3) is 3.76. The molecule has 5 heteroatoms. The van der Waals surface area contributed by atoms with Crippen molar-refractivity contribution in [3.05, 3.63) is 11.6 Å². The van der Waals surface area contributed by atoms with Gasteiger partial charge in [-0.3, -0.25) is 14.4 Å². The van der Waals surface area contributed by atoms with Crippen LogP contribution in [0.3, 0.4) is 0 Å². The molecule has 4 aliphatic rings. The van der Waals surface area contributed by atoms with E-state index in [-0.39, 0.29) is 22.9 Å². The number of carbonyl (C=O) groups excluding carboxylic acids is 2. The van der Waals surface area contributed by atoms with Crippen LogP contribution in [0.2, 0.25) is 0 Å². The first kappa shape index (κ1) is 22.5. The van der Waals surface area contributed by atoms with Crippen LogP contribution in [0.5, 0.6) is 0 Å². The average molecular weight is 431 g/mol. The van der Waals surface area contributed by atoms with Gasteiger partial charge >= 0.3 is 11.9 Å². The van der Waals surface area contributed by atoms with E-state index in [9.17, 15) is 19.5 Å². The van der Waals surface area contributed by atoms with Crippen molar-refractivity contribution >= 4 is 17.7 Å². The van der Waals surface area contributed by atoms with Gasteiger partial charge in [-0.1, -0.05) is 19.4 Å². The molecule has 5 nitrogen and oxygen atoms in total. The Morgan fingerprint density at radius 3 is 2.52 bits per heavy atom. The normalized spacial score (nSPS) is 40.4. The van der Waals surface area contributed by atoms with E-state index >= 15 is 0 Å². The number of ether oxygens (including phenoxy) is 1. The van der Waals surface area contributed by atoms with Crippen LogP contribution < -0.4 is 0 Å². The highest BCUT2D eigenvalue weighted by atomic mass is 16.5. The van der Waals surface area contributed by atoms with Crippen LogP contribution in [0.1, 0.15) is 85.5 Å². The van der Waals surface area contributed by atoms with E-state index in [4.69, 9.17) is 4.74 Å². The number of esters is 1. The van der Waals surface area contributed by atoms with Crippen LogP contribution in [0, 0.1) is 40.4 Å². The summed E-state index contributed by atoms with van der Waals surface area (Å²) in [6, 6.07) is 0. The Morgan fingerprint density at radius 1 is 1.10 bits per heavy atom. The second kappa shape index (κ2) is 8.04. The minimum absolute atomic E-state index is 0.0923. The van der Waals surface area contributed by atoms with Gasteiger partial charge in [0.25, 0.3) is 0 Å². The summed E-state index contributed by atoms with van der Waals surface area (Å²) < 4.78 is 5.27. The second-order valence-corrected chi connectivity index (χ2v) is 11.4. The topological polar surface area (TPSA) is 80.7 Å².